The molecule has 2 fully saturated rings. The van der Waals surface area contributed by atoms with Gasteiger partial charge in [-0.25, -0.2) is 8.42 Å². The smallest absolute Gasteiger partial charge is 0.206 e. The number of sulfone groups is 1. The minimum atomic E-state index is -3.48. The van der Waals surface area contributed by atoms with Crippen LogP contribution in [0.15, 0.2) is 228 Å². The van der Waals surface area contributed by atoms with E-state index in [0.29, 0.717) is 28.9 Å². The first kappa shape index (κ1) is 63.9. The van der Waals surface area contributed by atoms with E-state index >= 15 is 0 Å². The van der Waals surface area contributed by atoms with Gasteiger partial charge in [-0.3, -0.25) is 0 Å². The Morgan fingerprint density at radius 1 is 0.360 bits per heavy atom. The molecule has 86 heavy (non-hydrogen) atoms. The summed E-state index contributed by atoms with van der Waals surface area (Å²) in [5, 5.41) is 47.6. The summed E-state index contributed by atoms with van der Waals surface area (Å²) in [4.78, 5) is 0.438. The number of phenols is 5. The molecule has 448 valence electrons. The van der Waals surface area contributed by atoms with Crippen LogP contribution in [-0.4, -0.2) is 34.0 Å². The first-order valence-corrected chi connectivity index (χ1v) is 31.8. The fourth-order valence-electron chi connectivity index (χ4n) is 13.3. The Bertz CT molecular complexity index is 3490. The van der Waals surface area contributed by atoms with E-state index in [1.807, 2.05) is 31.2 Å². The topological polar surface area (TPSA) is 135 Å². The molecule has 2 aliphatic carbocycles. The van der Waals surface area contributed by atoms with Gasteiger partial charge in [0.15, 0.2) is 0 Å². The number of aryl methyl sites for hydroxylation is 3. The Kier molecular flexibility index (Phi) is 19.8. The van der Waals surface area contributed by atoms with Gasteiger partial charge in [-0.05, 0) is 194 Å². The Labute approximate surface area is 512 Å². The summed E-state index contributed by atoms with van der Waals surface area (Å²) in [5.74, 6) is 1.94. The number of hydrogen-bond acceptors (Lipinski definition) is 7. The highest BCUT2D eigenvalue weighted by molar-refractivity contribution is 7.91. The molecule has 9 aromatic rings. The molecule has 5 N–H and O–H groups in total. The molecule has 11 rings (SSSR count). The SMILES string of the molecule is CC1CC(C)(C)CC(c2ccc(O)cc2)(c2ccc(O)cc2)C1.Cc1ccc(C(C)(C)c2ccc(C(C)(C)c3ccc(O)cc3)cc2)cc1.Cc1ccc(C2(c3ccc(O)cc3)CCCCC2)cc1.Cc1ccc(S(=O)(=O)c2ccc(O)cc2)cc1. The van der Waals surface area contributed by atoms with E-state index < -0.39 is 9.84 Å². The Morgan fingerprint density at radius 2 is 0.616 bits per heavy atom. The van der Waals surface area contributed by atoms with Gasteiger partial charge in [0.2, 0.25) is 9.84 Å². The van der Waals surface area contributed by atoms with Gasteiger partial charge < -0.3 is 25.5 Å². The molecule has 0 amide bonds. The molecule has 9 aromatic carbocycles. The zero-order valence-corrected chi connectivity index (χ0v) is 52.8. The standard InChI is InChI=1S/C25H28O.C21H26O2.C19H22O.C13H12O3S/c1-18-6-8-19(9-7-18)24(2,3)20-10-12-21(13-11-20)25(4,5)22-14-16-23(26)17-15-22;1-15-12-20(2,3)14-21(13-15,16-4-8-18(22)9-5-16)17-6-10-19(23)11-7-17;1-15-5-7-16(8-6-15)19(13-3-2-4-14-19)17-9-11-18(20)12-10-17;1-10-2-6-12(7-3-10)17(15,16)13-8-4-11(14)5-9-13/h6-17,26H,1-5H3;4-11,15,22-23H,12-14H2,1-3H3;5-12,20H,2-4,13-14H2,1H3;2-9,14H,1H3. The predicted octanol–water partition coefficient (Wildman–Crippen LogP) is 19.1. The monoisotopic (exact) mass is 1170 g/mol. The fourth-order valence-corrected chi connectivity index (χ4v) is 14.5. The molecule has 1 atom stereocenters. The summed E-state index contributed by atoms with van der Waals surface area (Å²) in [6.07, 6.45) is 9.72. The average Bonchev–Trinajstić information content (AvgIpc) is 0.932. The van der Waals surface area contributed by atoms with Crippen molar-refractivity contribution in [2.45, 2.75) is 152 Å². The van der Waals surface area contributed by atoms with Gasteiger partial charge in [-0.15, -0.1) is 0 Å². The molecule has 0 heterocycles. The van der Waals surface area contributed by atoms with Crippen molar-refractivity contribution in [2.24, 2.45) is 11.3 Å². The molecule has 0 aliphatic heterocycles. The number of benzene rings is 9. The zero-order valence-electron chi connectivity index (χ0n) is 52.0. The van der Waals surface area contributed by atoms with E-state index in [-0.39, 0.29) is 42.6 Å². The number of aromatic hydroxyl groups is 5. The lowest BCUT2D eigenvalue weighted by molar-refractivity contribution is 0.127. The number of phenolic OH excluding ortho intramolecular Hbond substituents is 5. The summed E-state index contributed by atoms with van der Waals surface area (Å²) >= 11 is 0. The van der Waals surface area contributed by atoms with Crippen LogP contribution in [-0.2, 0) is 31.5 Å². The van der Waals surface area contributed by atoms with Crippen molar-refractivity contribution >= 4 is 9.84 Å². The summed E-state index contributed by atoms with van der Waals surface area (Å²) in [7, 11) is -3.48. The first-order chi connectivity index (χ1) is 40.7. The van der Waals surface area contributed by atoms with Crippen LogP contribution in [0.5, 0.6) is 28.7 Å². The van der Waals surface area contributed by atoms with Gasteiger partial charge in [0.25, 0.3) is 0 Å². The second kappa shape index (κ2) is 26.7. The van der Waals surface area contributed by atoms with Crippen LogP contribution >= 0.6 is 0 Å². The van der Waals surface area contributed by atoms with Gasteiger partial charge in [-0.1, -0.05) is 218 Å². The van der Waals surface area contributed by atoms with E-state index in [1.54, 1.807) is 60.7 Å². The van der Waals surface area contributed by atoms with Crippen molar-refractivity contribution in [3.05, 3.63) is 280 Å². The molecular weight excluding hydrogens is 1080 g/mol. The van der Waals surface area contributed by atoms with Crippen LogP contribution in [0.1, 0.15) is 161 Å². The first-order valence-electron chi connectivity index (χ1n) is 30.3. The van der Waals surface area contributed by atoms with Gasteiger partial charge in [0.1, 0.15) is 28.7 Å². The molecule has 7 nitrogen and oxygen atoms in total. The highest BCUT2D eigenvalue weighted by Crippen LogP contribution is 2.54. The minimum Gasteiger partial charge on any atom is -0.508 e. The molecule has 2 aliphatic rings. The third kappa shape index (κ3) is 15.1. The van der Waals surface area contributed by atoms with Crippen molar-refractivity contribution in [3.63, 3.8) is 0 Å². The van der Waals surface area contributed by atoms with Crippen molar-refractivity contribution < 1.29 is 34.0 Å². The maximum Gasteiger partial charge on any atom is 0.206 e. The van der Waals surface area contributed by atoms with Crippen LogP contribution in [0, 0.1) is 32.1 Å². The molecule has 0 spiro atoms. The molecule has 8 heteroatoms. The lowest BCUT2D eigenvalue weighted by Crippen LogP contribution is -2.41. The Hall–Kier alpha value is -8.07. The van der Waals surface area contributed by atoms with Crippen LogP contribution in [0.3, 0.4) is 0 Å². The molecular formula is C78H88O7S. The summed E-state index contributed by atoms with van der Waals surface area (Å²) < 4.78 is 24.3. The van der Waals surface area contributed by atoms with Crippen LogP contribution < -0.4 is 0 Å². The Morgan fingerprint density at radius 3 is 0.965 bits per heavy atom. The van der Waals surface area contributed by atoms with E-state index in [0.717, 1.165) is 18.4 Å². The van der Waals surface area contributed by atoms with E-state index in [4.69, 9.17) is 5.11 Å². The highest BCUT2D eigenvalue weighted by Gasteiger charge is 2.45. The Balaban J connectivity index is 0.000000151. The number of hydrogen-bond donors (Lipinski definition) is 5. The third-order valence-electron chi connectivity index (χ3n) is 18.1. The van der Waals surface area contributed by atoms with Crippen molar-refractivity contribution in [2.75, 3.05) is 0 Å². The third-order valence-corrected chi connectivity index (χ3v) is 19.9. The van der Waals surface area contributed by atoms with Crippen LogP contribution in [0.25, 0.3) is 0 Å². The summed E-state index contributed by atoms with van der Waals surface area (Å²) in [5.41, 5.74) is 14.2. The molecule has 1 unspecified atom stereocenters. The van der Waals surface area contributed by atoms with Gasteiger partial charge in [0.05, 0.1) is 9.79 Å². The average molecular weight is 1170 g/mol. The second-order valence-electron chi connectivity index (χ2n) is 26.1. The summed E-state index contributed by atoms with van der Waals surface area (Å²) in [6.45, 7) is 22.2. The van der Waals surface area contributed by atoms with Gasteiger partial charge in [-0.2, -0.15) is 0 Å². The second-order valence-corrected chi connectivity index (χ2v) is 28.1. The molecule has 0 aromatic heterocycles. The lowest BCUT2D eigenvalue weighted by Gasteiger charge is -2.48. The van der Waals surface area contributed by atoms with E-state index in [2.05, 4.69) is 172 Å². The largest absolute Gasteiger partial charge is 0.508 e. The van der Waals surface area contributed by atoms with E-state index in [1.165, 1.54) is 118 Å². The van der Waals surface area contributed by atoms with Crippen molar-refractivity contribution in [3.8, 4) is 28.7 Å². The molecule has 0 radical (unpaired) electrons. The maximum absolute atomic E-state index is 12.2. The molecule has 0 saturated heterocycles. The van der Waals surface area contributed by atoms with Gasteiger partial charge >= 0.3 is 0 Å². The minimum absolute atomic E-state index is 0.0328. The van der Waals surface area contributed by atoms with Crippen molar-refractivity contribution in [1.29, 1.82) is 0 Å². The molecule has 0 bridgehead atoms. The normalized spacial score (nSPS) is 16.1. The van der Waals surface area contributed by atoms with Crippen LogP contribution in [0.2, 0.25) is 0 Å². The predicted molar refractivity (Wildman–Crippen MR) is 352 cm³/mol. The highest BCUT2D eigenvalue weighted by atomic mass is 32.2. The zero-order chi connectivity index (χ0) is 62.1. The lowest BCUT2D eigenvalue weighted by atomic mass is 9.55. The quantitative estimate of drug-likeness (QED) is 0.0920. The fraction of sp³-hybridized carbons (Fsp3) is 0.308. The number of rotatable bonds is 10. The van der Waals surface area contributed by atoms with E-state index in [9.17, 15) is 28.8 Å². The molecule has 2 saturated carbocycles. The maximum atomic E-state index is 12.2. The van der Waals surface area contributed by atoms with Gasteiger partial charge in [0, 0.05) is 21.7 Å². The van der Waals surface area contributed by atoms with Crippen molar-refractivity contribution in [1.82, 2.24) is 0 Å². The summed E-state index contributed by atoms with van der Waals surface area (Å²) in [6, 6.07) is 69.6. The van der Waals surface area contributed by atoms with Crippen LogP contribution in [0.4, 0.5) is 0 Å².